The van der Waals surface area contributed by atoms with Crippen LogP contribution in [0.1, 0.15) is 25.7 Å². The zero-order valence-corrected chi connectivity index (χ0v) is 16.0. The van der Waals surface area contributed by atoms with Crippen LogP contribution < -0.4 is 10.0 Å². The summed E-state index contributed by atoms with van der Waals surface area (Å²) in [6.07, 6.45) is 6.25. The molecule has 1 aliphatic heterocycles. The van der Waals surface area contributed by atoms with Crippen molar-refractivity contribution < 1.29 is 13.2 Å². The number of likely N-dealkylation sites (tertiary alicyclic amines) is 1. The van der Waals surface area contributed by atoms with Gasteiger partial charge in [0.1, 0.15) is 0 Å². The lowest BCUT2D eigenvalue weighted by Crippen LogP contribution is -2.33. The van der Waals surface area contributed by atoms with Crippen LogP contribution in [0.2, 0.25) is 0 Å². The highest BCUT2D eigenvalue weighted by atomic mass is 32.2. The van der Waals surface area contributed by atoms with Crippen molar-refractivity contribution in [2.24, 2.45) is 0 Å². The van der Waals surface area contributed by atoms with Gasteiger partial charge >= 0.3 is 0 Å². The van der Waals surface area contributed by atoms with Crippen molar-refractivity contribution in [3.05, 3.63) is 35.8 Å². The molecule has 9 heteroatoms. The maximum atomic E-state index is 12.3. The largest absolute Gasteiger partial charge is 0.325 e. The minimum Gasteiger partial charge on any atom is -0.325 e. The third-order valence-electron chi connectivity index (χ3n) is 4.17. The third kappa shape index (κ3) is 5.26. The van der Waals surface area contributed by atoms with Crippen LogP contribution >= 0.6 is 11.3 Å². The molecule has 2 heterocycles. The quantitative estimate of drug-likeness (QED) is 0.786. The van der Waals surface area contributed by atoms with Crippen LogP contribution in [-0.4, -0.2) is 43.8 Å². The molecule has 0 unspecified atom stereocenters. The first kappa shape index (κ1) is 18.8. The predicted molar refractivity (Wildman–Crippen MR) is 103 cm³/mol. The summed E-state index contributed by atoms with van der Waals surface area (Å²) in [5.74, 6) is -0.0802. The summed E-state index contributed by atoms with van der Waals surface area (Å²) < 4.78 is 27.0. The molecule has 1 aromatic heterocycles. The maximum Gasteiger partial charge on any atom is 0.263 e. The molecule has 2 N–H and O–H groups in total. The zero-order valence-electron chi connectivity index (χ0n) is 14.3. The van der Waals surface area contributed by atoms with E-state index in [2.05, 4.69) is 19.9 Å². The first-order valence-electron chi connectivity index (χ1n) is 8.57. The van der Waals surface area contributed by atoms with E-state index in [1.54, 1.807) is 17.5 Å². The summed E-state index contributed by atoms with van der Waals surface area (Å²) in [5.41, 5.74) is 0.582. The molecule has 0 atom stereocenters. The van der Waals surface area contributed by atoms with Crippen molar-refractivity contribution in [3.63, 3.8) is 0 Å². The summed E-state index contributed by atoms with van der Waals surface area (Å²) >= 11 is 1.21. The molecule has 0 aliphatic carbocycles. The molecule has 1 aromatic carbocycles. The molecule has 0 saturated carbocycles. The van der Waals surface area contributed by atoms with Crippen LogP contribution in [-0.2, 0) is 14.8 Å². The number of hydrogen-bond donors (Lipinski definition) is 2. The molecule has 26 heavy (non-hydrogen) atoms. The Labute approximate surface area is 157 Å². The highest BCUT2D eigenvalue weighted by molar-refractivity contribution is 7.93. The van der Waals surface area contributed by atoms with Crippen molar-refractivity contribution in [1.82, 2.24) is 9.88 Å². The number of anilines is 2. The summed E-state index contributed by atoms with van der Waals surface area (Å²) in [6, 6.07) is 6.13. The van der Waals surface area contributed by atoms with Gasteiger partial charge in [-0.25, -0.2) is 13.4 Å². The zero-order chi connectivity index (χ0) is 18.4. The molecule has 7 nitrogen and oxygen atoms in total. The van der Waals surface area contributed by atoms with Crippen LogP contribution in [0, 0.1) is 0 Å². The van der Waals surface area contributed by atoms with Crippen molar-refractivity contribution in [3.8, 4) is 0 Å². The monoisotopic (exact) mass is 394 g/mol. The summed E-state index contributed by atoms with van der Waals surface area (Å²) in [4.78, 5) is 18.4. The van der Waals surface area contributed by atoms with Crippen LogP contribution in [0.25, 0.3) is 0 Å². The number of sulfonamides is 1. The second kappa shape index (κ2) is 8.61. The fraction of sp³-hybridized carbons (Fsp3) is 0.412. The van der Waals surface area contributed by atoms with Gasteiger partial charge in [0.2, 0.25) is 5.91 Å². The SMILES string of the molecule is O=C(CN1CCCCCC1)Nc1ccc(S(=O)(=O)Nc2nccs2)cc1. The number of thiazole rings is 1. The summed E-state index contributed by atoms with van der Waals surface area (Å²) in [6.45, 7) is 2.27. The lowest BCUT2D eigenvalue weighted by Gasteiger charge is -2.19. The summed E-state index contributed by atoms with van der Waals surface area (Å²) in [7, 11) is -3.68. The average Bonchev–Trinajstić information content (AvgIpc) is 2.97. The lowest BCUT2D eigenvalue weighted by atomic mass is 10.2. The number of benzene rings is 1. The van der Waals surface area contributed by atoms with Crippen LogP contribution in [0.3, 0.4) is 0 Å². The van der Waals surface area contributed by atoms with Gasteiger partial charge < -0.3 is 5.32 Å². The molecule has 3 rings (SSSR count). The number of nitrogens with one attached hydrogen (secondary N) is 2. The number of nitrogens with zero attached hydrogens (tertiary/aromatic N) is 2. The molecular formula is C17H22N4O3S2. The van der Waals surface area contributed by atoms with E-state index in [0.717, 1.165) is 25.9 Å². The molecule has 140 valence electrons. The molecule has 1 saturated heterocycles. The van der Waals surface area contributed by atoms with Gasteiger partial charge in [-0.1, -0.05) is 12.8 Å². The number of carbonyl (C=O) groups excluding carboxylic acids is 1. The summed E-state index contributed by atoms with van der Waals surface area (Å²) in [5, 5.41) is 4.84. The van der Waals surface area contributed by atoms with Crippen LogP contribution in [0.5, 0.6) is 0 Å². The van der Waals surface area contributed by atoms with Gasteiger partial charge in [-0.05, 0) is 50.2 Å². The van der Waals surface area contributed by atoms with E-state index in [0.29, 0.717) is 17.4 Å². The lowest BCUT2D eigenvalue weighted by molar-refractivity contribution is -0.117. The standard InChI is InChI=1S/C17H22N4O3S2/c22-16(13-21-10-3-1-2-4-11-21)19-14-5-7-15(8-6-14)26(23,24)20-17-18-9-12-25-17/h5-9,12H,1-4,10-11,13H2,(H,18,20)(H,19,22). The van der Waals surface area contributed by atoms with E-state index in [1.807, 2.05) is 0 Å². The molecular weight excluding hydrogens is 372 g/mol. The minimum absolute atomic E-state index is 0.0802. The van der Waals surface area contributed by atoms with E-state index < -0.39 is 10.0 Å². The average molecular weight is 395 g/mol. The highest BCUT2D eigenvalue weighted by Crippen LogP contribution is 2.19. The number of hydrogen-bond acceptors (Lipinski definition) is 6. The number of rotatable bonds is 6. The van der Waals surface area contributed by atoms with E-state index in [1.165, 1.54) is 42.5 Å². The second-order valence-electron chi connectivity index (χ2n) is 6.21. The number of aromatic nitrogens is 1. The Kier molecular flexibility index (Phi) is 6.23. The fourth-order valence-electron chi connectivity index (χ4n) is 2.86. The second-order valence-corrected chi connectivity index (χ2v) is 8.78. The molecule has 1 amide bonds. The Bertz CT molecular complexity index is 812. The van der Waals surface area contributed by atoms with Crippen LogP contribution in [0.4, 0.5) is 10.8 Å². The van der Waals surface area contributed by atoms with Crippen LogP contribution in [0.15, 0.2) is 40.7 Å². The fourth-order valence-corrected chi connectivity index (χ4v) is 4.65. The Hall–Kier alpha value is -1.97. The third-order valence-corrected chi connectivity index (χ3v) is 6.34. The first-order valence-corrected chi connectivity index (χ1v) is 10.9. The van der Waals surface area contributed by atoms with Crippen molar-refractivity contribution in [2.45, 2.75) is 30.6 Å². The maximum absolute atomic E-state index is 12.3. The number of amides is 1. The normalized spacial score (nSPS) is 16.0. The van der Waals surface area contributed by atoms with Gasteiger partial charge in [0.25, 0.3) is 10.0 Å². The predicted octanol–water partition coefficient (Wildman–Crippen LogP) is 2.76. The number of carbonyl (C=O) groups is 1. The topological polar surface area (TPSA) is 91.4 Å². The Morgan fingerprint density at radius 2 is 1.81 bits per heavy atom. The van der Waals surface area contributed by atoms with E-state index in [9.17, 15) is 13.2 Å². The molecule has 1 fully saturated rings. The van der Waals surface area contributed by atoms with Gasteiger partial charge in [-0.2, -0.15) is 0 Å². The highest BCUT2D eigenvalue weighted by Gasteiger charge is 2.16. The van der Waals surface area contributed by atoms with E-state index in [-0.39, 0.29) is 10.8 Å². The Morgan fingerprint density at radius 1 is 1.12 bits per heavy atom. The molecule has 0 spiro atoms. The van der Waals surface area contributed by atoms with E-state index in [4.69, 9.17) is 0 Å². The molecule has 2 aromatic rings. The van der Waals surface area contributed by atoms with Gasteiger partial charge in [0.05, 0.1) is 11.4 Å². The van der Waals surface area contributed by atoms with Gasteiger partial charge in [-0.15, -0.1) is 11.3 Å². The van der Waals surface area contributed by atoms with Crippen molar-refractivity contribution in [1.29, 1.82) is 0 Å². The smallest absolute Gasteiger partial charge is 0.263 e. The van der Waals surface area contributed by atoms with Gasteiger partial charge in [-0.3, -0.25) is 14.4 Å². The Balaban J connectivity index is 1.57. The van der Waals surface area contributed by atoms with Gasteiger partial charge in [0.15, 0.2) is 5.13 Å². The molecule has 0 bridgehead atoms. The van der Waals surface area contributed by atoms with Gasteiger partial charge in [0, 0.05) is 17.3 Å². The molecule has 0 radical (unpaired) electrons. The van der Waals surface area contributed by atoms with Crippen molar-refractivity contribution in [2.75, 3.05) is 29.7 Å². The first-order chi connectivity index (χ1) is 12.5. The minimum atomic E-state index is -3.68. The van der Waals surface area contributed by atoms with Crippen molar-refractivity contribution >= 4 is 38.1 Å². The Morgan fingerprint density at radius 3 is 2.42 bits per heavy atom. The molecule has 1 aliphatic rings. The van der Waals surface area contributed by atoms with E-state index >= 15 is 0 Å².